The lowest BCUT2D eigenvalue weighted by molar-refractivity contribution is -0.132. The Bertz CT molecular complexity index is 586. The third kappa shape index (κ3) is 5.15. The zero-order chi connectivity index (χ0) is 18.4. The fourth-order valence-electron chi connectivity index (χ4n) is 3.67. The zero-order valence-electron chi connectivity index (χ0n) is 15.9. The summed E-state index contributed by atoms with van der Waals surface area (Å²) in [6.07, 6.45) is 3.70. The number of carbonyl (C=O) groups is 1. The van der Waals surface area contributed by atoms with E-state index in [-0.39, 0.29) is 12.0 Å². The number of hydrogen-bond donors (Lipinski definition) is 0. The third-order valence-corrected chi connectivity index (χ3v) is 6.39. The van der Waals surface area contributed by atoms with Crippen LogP contribution in [0.4, 0.5) is 0 Å². The number of thioether (sulfide) groups is 1. The van der Waals surface area contributed by atoms with E-state index in [0.717, 1.165) is 43.1 Å². The molecule has 0 spiro atoms. The monoisotopic (exact) mass is 378 g/mol. The molecule has 144 valence electrons. The van der Waals surface area contributed by atoms with Gasteiger partial charge in [0.15, 0.2) is 0 Å². The van der Waals surface area contributed by atoms with Crippen LogP contribution in [-0.4, -0.2) is 73.2 Å². The molecule has 2 saturated heterocycles. The van der Waals surface area contributed by atoms with Crippen LogP contribution < -0.4 is 4.74 Å². The summed E-state index contributed by atoms with van der Waals surface area (Å²) < 4.78 is 11.2. The number of likely N-dealkylation sites (N-methyl/N-ethyl adjacent to an activating group) is 1. The molecule has 26 heavy (non-hydrogen) atoms. The Morgan fingerprint density at radius 2 is 2.19 bits per heavy atom. The van der Waals surface area contributed by atoms with Crippen molar-refractivity contribution in [2.45, 2.75) is 38.0 Å². The Morgan fingerprint density at radius 1 is 1.35 bits per heavy atom. The standard InChI is InChI=1S/C20H30N2O3S/c1-21(12-16-6-3-4-8-19(16)24-2)20(23)14-22(17-9-11-26-15-17)13-18-7-5-10-25-18/h3-4,6,8,17-18H,5,7,9-15H2,1-2H3. The highest BCUT2D eigenvalue weighted by Crippen LogP contribution is 2.25. The summed E-state index contributed by atoms with van der Waals surface area (Å²) in [7, 11) is 3.55. The predicted molar refractivity (Wildman–Crippen MR) is 106 cm³/mol. The van der Waals surface area contributed by atoms with Crippen LogP contribution in [0.1, 0.15) is 24.8 Å². The van der Waals surface area contributed by atoms with Crippen LogP contribution in [0.15, 0.2) is 24.3 Å². The molecule has 5 nitrogen and oxygen atoms in total. The van der Waals surface area contributed by atoms with Gasteiger partial charge in [-0.1, -0.05) is 18.2 Å². The quantitative estimate of drug-likeness (QED) is 0.696. The lowest BCUT2D eigenvalue weighted by Crippen LogP contribution is -2.46. The number of carbonyl (C=O) groups excluding carboxylic acids is 1. The minimum absolute atomic E-state index is 0.158. The fraction of sp³-hybridized carbons (Fsp3) is 0.650. The van der Waals surface area contributed by atoms with Gasteiger partial charge in [-0.05, 0) is 31.1 Å². The largest absolute Gasteiger partial charge is 0.496 e. The number of amides is 1. The lowest BCUT2D eigenvalue weighted by Gasteiger charge is -2.31. The maximum atomic E-state index is 12.9. The first-order chi connectivity index (χ1) is 12.7. The molecule has 0 radical (unpaired) electrons. The smallest absolute Gasteiger partial charge is 0.236 e. The summed E-state index contributed by atoms with van der Waals surface area (Å²) >= 11 is 1.99. The topological polar surface area (TPSA) is 42.0 Å². The second-order valence-electron chi connectivity index (χ2n) is 7.14. The van der Waals surface area contributed by atoms with Crippen LogP contribution in [0.5, 0.6) is 5.75 Å². The molecule has 2 aliphatic heterocycles. The van der Waals surface area contributed by atoms with Crippen LogP contribution in [0.3, 0.4) is 0 Å². The van der Waals surface area contributed by atoms with Crippen molar-refractivity contribution in [2.24, 2.45) is 0 Å². The Hall–Kier alpha value is -1.24. The van der Waals surface area contributed by atoms with Gasteiger partial charge in [-0.15, -0.1) is 0 Å². The van der Waals surface area contributed by atoms with Crippen molar-refractivity contribution >= 4 is 17.7 Å². The van der Waals surface area contributed by atoms with Gasteiger partial charge in [-0.25, -0.2) is 0 Å². The van der Waals surface area contributed by atoms with Gasteiger partial charge in [0.05, 0.1) is 19.8 Å². The second-order valence-corrected chi connectivity index (χ2v) is 8.29. The van der Waals surface area contributed by atoms with E-state index in [0.29, 0.717) is 19.1 Å². The minimum Gasteiger partial charge on any atom is -0.496 e. The maximum absolute atomic E-state index is 12.9. The van der Waals surface area contributed by atoms with E-state index in [1.165, 1.54) is 12.2 Å². The molecular weight excluding hydrogens is 348 g/mol. The Kier molecular flexibility index (Phi) is 7.23. The molecule has 6 heteroatoms. The number of benzene rings is 1. The van der Waals surface area contributed by atoms with Crippen molar-refractivity contribution in [2.75, 3.05) is 45.4 Å². The Morgan fingerprint density at radius 3 is 2.88 bits per heavy atom. The van der Waals surface area contributed by atoms with E-state index in [9.17, 15) is 4.79 Å². The highest BCUT2D eigenvalue weighted by Gasteiger charge is 2.29. The van der Waals surface area contributed by atoms with E-state index in [2.05, 4.69) is 4.90 Å². The molecule has 1 aromatic carbocycles. The minimum atomic E-state index is 0.158. The average molecular weight is 379 g/mol. The molecule has 0 N–H and O–H groups in total. The Labute approximate surface area is 161 Å². The number of para-hydroxylation sites is 1. The number of hydrogen-bond acceptors (Lipinski definition) is 5. The molecule has 2 fully saturated rings. The molecule has 0 saturated carbocycles. The number of nitrogens with zero attached hydrogens (tertiary/aromatic N) is 2. The zero-order valence-corrected chi connectivity index (χ0v) is 16.7. The van der Waals surface area contributed by atoms with Crippen LogP contribution in [-0.2, 0) is 16.1 Å². The van der Waals surface area contributed by atoms with Crippen LogP contribution in [0.25, 0.3) is 0 Å². The van der Waals surface area contributed by atoms with Gasteiger partial charge < -0.3 is 14.4 Å². The van der Waals surface area contributed by atoms with Crippen molar-refractivity contribution in [3.8, 4) is 5.75 Å². The van der Waals surface area contributed by atoms with Gasteiger partial charge in [0.25, 0.3) is 0 Å². The van der Waals surface area contributed by atoms with E-state index in [4.69, 9.17) is 9.47 Å². The first kappa shape index (κ1) is 19.5. The summed E-state index contributed by atoms with van der Waals surface area (Å²) in [5, 5.41) is 0. The molecule has 0 bridgehead atoms. The second kappa shape index (κ2) is 9.62. The van der Waals surface area contributed by atoms with Gasteiger partial charge in [0.2, 0.25) is 5.91 Å². The van der Waals surface area contributed by atoms with E-state index >= 15 is 0 Å². The van der Waals surface area contributed by atoms with E-state index in [1.54, 1.807) is 7.11 Å². The third-order valence-electron chi connectivity index (χ3n) is 5.25. The van der Waals surface area contributed by atoms with Crippen LogP contribution >= 0.6 is 11.8 Å². The van der Waals surface area contributed by atoms with Crippen molar-refractivity contribution < 1.29 is 14.3 Å². The first-order valence-electron chi connectivity index (χ1n) is 9.46. The van der Waals surface area contributed by atoms with Crippen LogP contribution in [0, 0.1) is 0 Å². The Balaban J connectivity index is 1.60. The number of methoxy groups -OCH3 is 1. The highest BCUT2D eigenvalue weighted by atomic mass is 32.2. The van der Waals surface area contributed by atoms with Gasteiger partial charge in [-0.2, -0.15) is 11.8 Å². The molecule has 2 unspecified atom stereocenters. The highest BCUT2D eigenvalue weighted by molar-refractivity contribution is 7.99. The molecule has 3 rings (SSSR count). The van der Waals surface area contributed by atoms with Crippen molar-refractivity contribution in [1.82, 2.24) is 9.80 Å². The van der Waals surface area contributed by atoms with Crippen molar-refractivity contribution in [1.29, 1.82) is 0 Å². The predicted octanol–water partition coefficient (Wildman–Crippen LogP) is 2.64. The van der Waals surface area contributed by atoms with E-state index in [1.807, 2.05) is 48.0 Å². The molecule has 2 atom stereocenters. The molecule has 2 heterocycles. The number of rotatable bonds is 8. The molecule has 0 aliphatic carbocycles. The van der Waals surface area contributed by atoms with Gasteiger partial charge >= 0.3 is 0 Å². The lowest BCUT2D eigenvalue weighted by atomic mass is 10.1. The molecule has 2 aliphatic rings. The van der Waals surface area contributed by atoms with Crippen molar-refractivity contribution in [3.05, 3.63) is 29.8 Å². The average Bonchev–Trinajstić information content (AvgIpc) is 3.35. The summed E-state index contributed by atoms with van der Waals surface area (Å²) in [6.45, 7) is 2.77. The van der Waals surface area contributed by atoms with Gasteiger partial charge in [0.1, 0.15) is 5.75 Å². The van der Waals surface area contributed by atoms with E-state index < -0.39 is 0 Å². The summed E-state index contributed by atoms with van der Waals surface area (Å²) in [6, 6.07) is 8.38. The maximum Gasteiger partial charge on any atom is 0.236 e. The van der Waals surface area contributed by atoms with Crippen LogP contribution in [0.2, 0.25) is 0 Å². The summed E-state index contributed by atoms with van der Waals surface area (Å²) in [5.74, 6) is 3.30. The number of ether oxygens (including phenoxy) is 2. The normalized spacial score (nSPS) is 22.7. The van der Waals surface area contributed by atoms with Crippen molar-refractivity contribution in [3.63, 3.8) is 0 Å². The molecular formula is C20H30N2O3S. The summed E-state index contributed by atoms with van der Waals surface area (Å²) in [4.78, 5) is 17.0. The summed E-state index contributed by atoms with van der Waals surface area (Å²) in [5.41, 5.74) is 1.04. The SMILES string of the molecule is COc1ccccc1CN(C)C(=O)CN(CC1CCCO1)C1CCSC1. The first-order valence-corrected chi connectivity index (χ1v) is 10.6. The van der Waals surface area contributed by atoms with Gasteiger partial charge in [0, 0.05) is 44.1 Å². The molecule has 1 aromatic rings. The van der Waals surface area contributed by atoms with Gasteiger partial charge in [-0.3, -0.25) is 9.69 Å². The fourth-order valence-corrected chi connectivity index (χ4v) is 4.93. The molecule has 0 aromatic heterocycles. The molecule has 1 amide bonds.